The normalized spacial score (nSPS) is 15.3. The predicted octanol–water partition coefficient (Wildman–Crippen LogP) is 3.57. The molecule has 0 saturated heterocycles. The summed E-state index contributed by atoms with van der Waals surface area (Å²) in [6, 6.07) is 11.5. The van der Waals surface area contributed by atoms with Crippen LogP contribution in [0.3, 0.4) is 0 Å². The molecule has 0 bridgehead atoms. The number of esters is 1. The first-order valence-electron chi connectivity index (χ1n) is 10.8. The van der Waals surface area contributed by atoms with Crippen LogP contribution in [0.5, 0.6) is 5.75 Å². The van der Waals surface area contributed by atoms with Gasteiger partial charge in [-0.15, -0.1) is 0 Å². The van der Waals surface area contributed by atoms with Crippen LogP contribution in [0.25, 0.3) is 6.08 Å². The number of nitrogens with zero attached hydrogens (tertiary/aromatic N) is 2. The van der Waals surface area contributed by atoms with E-state index in [1.807, 2.05) is 30.3 Å². The van der Waals surface area contributed by atoms with E-state index < -0.39 is 24.6 Å². The van der Waals surface area contributed by atoms with Gasteiger partial charge in [0.05, 0.1) is 38.5 Å². The number of aliphatic carboxylic acids is 1. The summed E-state index contributed by atoms with van der Waals surface area (Å²) in [5, 5.41) is 9.03. The average Bonchev–Trinajstić information content (AvgIpc) is 3.12. The summed E-state index contributed by atoms with van der Waals surface area (Å²) in [6.07, 6.45) is 1.61. The Morgan fingerprint density at radius 3 is 2.47 bits per heavy atom. The Kier molecular flexibility index (Phi) is 7.63. The molecule has 0 aliphatic carbocycles. The van der Waals surface area contributed by atoms with Crippen LogP contribution in [0, 0.1) is 0 Å². The second-order valence-electron chi connectivity index (χ2n) is 7.71. The molecule has 1 aliphatic rings. The molecule has 1 aliphatic heterocycles. The number of thiazole rings is 1. The summed E-state index contributed by atoms with van der Waals surface area (Å²) in [5.74, 6) is -1.66. The minimum Gasteiger partial charge on any atom is -0.479 e. The molecule has 0 fully saturated rings. The Labute approximate surface area is 219 Å². The molecule has 0 radical (unpaired) electrons. The Morgan fingerprint density at radius 1 is 1.19 bits per heavy atom. The van der Waals surface area contributed by atoms with Crippen molar-refractivity contribution in [3.05, 3.63) is 94.6 Å². The number of hydrogen-bond acceptors (Lipinski definition) is 7. The minimum absolute atomic E-state index is 0.0399. The quantitative estimate of drug-likeness (QED) is 0.454. The molecule has 186 valence electrons. The molecule has 3 aromatic rings. The molecule has 4 rings (SSSR count). The highest BCUT2D eigenvalue weighted by Crippen LogP contribution is 2.34. The fraction of sp³-hybridized carbons (Fsp3) is 0.200. The Bertz CT molecular complexity index is 1540. The van der Waals surface area contributed by atoms with Crippen molar-refractivity contribution in [1.82, 2.24) is 4.57 Å². The van der Waals surface area contributed by atoms with Crippen LogP contribution in [0.15, 0.2) is 63.5 Å². The van der Waals surface area contributed by atoms with Crippen molar-refractivity contribution < 1.29 is 24.2 Å². The molecule has 2 aromatic carbocycles. The maximum absolute atomic E-state index is 13.6. The van der Waals surface area contributed by atoms with E-state index in [4.69, 9.17) is 37.8 Å². The highest BCUT2D eigenvalue weighted by atomic mass is 35.5. The molecule has 2 heterocycles. The highest BCUT2D eigenvalue weighted by molar-refractivity contribution is 7.07. The zero-order valence-corrected chi connectivity index (χ0v) is 21.5. The summed E-state index contributed by atoms with van der Waals surface area (Å²) in [4.78, 5) is 42.2. The lowest BCUT2D eigenvalue weighted by Gasteiger charge is -2.24. The van der Waals surface area contributed by atoms with E-state index >= 15 is 0 Å². The van der Waals surface area contributed by atoms with Gasteiger partial charge in [0.15, 0.2) is 17.2 Å². The number of allylic oxidation sites excluding steroid dienone is 1. The van der Waals surface area contributed by atoms with Gasteiger partial charge in [0.25, 0.3) is 5.56 Å². The summed E-state index contributed by atoms with van der Waals surface area (Å²) >= 11 is 13.7. The Balaban J connectivity index is 1.85. The lowest BCUT2D eigenvalue weighted by molar-refractivity contribution is -0.140. The van der Waals surface area contributed by atoms with Gasteiger partial charge in [-0.1, -0.05) is 64.9 Å². The topological polar surface area (TPSA) is 107 Å². The molecule has 1 aromatic heterocycles. The summed E-state index contributed by atoms with van der Waals surface area (Å²) < 4.78 is 12.3. The van der Waals surface area contributed by atoms with E-state index in [0.717, 1.165) is 16.9 Å². The molecule has 36 heavy (non-hydrogen) atoms. The monoisotopic (exact) mass is 546 g/mol. The van der Waals surface area contributed by atoms with Gasteiger partial charge in [0, 0.05) is 0 Å². The van der Waals surface area contributed by atoms with E-state index in [9.17, 15) is 14.4 Å². The Hall–Kier alpha value is -3.40. The maximum atomic E-state index is 13.6. The van der Waals surface area contributed by atoms with Crippen molar-refractivity contribution in [2.75, 3.05) is 13.2 Å². The number of ether oxygens (including phenoxy) is 2. The second-order valence-corrected chi connectivity index (χ2v) is 9.53. The lowest BCUT2D eigenvalue weighted by Crippen LogP contribution is -2.39. The van der Waals surface area contributed by atoms with Crippen molar-refractivity contribution in [2.45, 2.75) is 19.9 Å². The van der Waals surface area contributed by atoms with Crippen LogP contribution in [0.1, 0.15) is 31.0 Å². The van der Waals surface area contributed by atoms with Gasteiger partial charge in [-0.05, 0) is 43.2 Å². The van der Waals surface area contributed by atoms with Gasteiger partial charge in [-0.2, -0.15) is 0 Å². The van der Waals surface area contributed by atoms with E-state index in [1.165, 1.54) is 16.7 Å². The number of carboxylic acids is 1. The number of carbonyl (C=O) groups is 2. The number of carbonyl (C=O) groups excluding carboxylic acids is 1. The van der Waals surface area contributed by atoms with Crippen molar-refractivity contribution in [2.24, 2.45) is 4.99 Å². The van der Waals surface area contributed by atoms with Gasteiger partial charge >= 0.3 is 11.9 Å². The van der Waals surface area contributed by atoms with Crippen LogP contribution in [0.2, 0.25) is 10.0 Å². The van der Waals surface area contributed by atoms with Gasteiger partial charge in [-0.25, -0.2) is 14.6 Å². The molecular formula is C25H20Cl2N2O6S. The summed E-state index contributed by atoms with van der Waals surface area (Å²) in [6.45, 7) is 3.03. The van der Waals surface area contributed by atoms with Crippen molar-refractivity contribution in [1.29, 1.82) is 0 Å². The molecule has 0 spiro atoms. The molecule has 1 atom stereocenters. The largest absolute Gasteiger partial charge is 0.479 e. The third kappa shape index (κ3) is 5.09. The standard InChI is InChI=1S/C25H20Cl2N2O6S/c1-3-34-24(33)20-13(2)28-25-29(21(20)15-7-5-4-6-8-15)23(32)18(36-25)11-14-9-16(26)22(17(27)10-14)35-12-19(30)31/h4-11,21H,3,12H2,1-2H3,(H,30,31)/b18-11+/t21-/m1/s1. The number of hydrogen-bond donors (Lipinski definition) is 1. The second kappa shape index (κ2) is 10.7. The molecular weight excluding hydrogens is 527 g/mol. The van der Waals surface area contributed by atoms with Crippen LogP contribution >= 0.6 is 34.5 Å². The smallest absolute Gasteiger partial charge is 0.341 e. The number of carboxylic acid groups (broad SMARTS) is 1. The summed E-state index contributed by atoms with van der Waals surface area (Å²) in [7, 11) is 0. The van der Waals surface area contributed by atoms with Crippen LogP contribution in [0.4, 0.5) is 0 Å². The zero-order valence-electron chi connectivity index (χ0n) is 19.2. The van der Waals surface area contributed by atoms with Gasteiger partial charge in [-0.3, -0.25) is 9.36 Å². The lowest BCUT2D eigenvalue weighted by atomic mass is 9.96. The van der Waals surface area contributed by atoms with Crippen LogP contribution in [-0.4, -0.2) is 34.8 Å². The van der Waals surface area contributed by atoms with Crippen molar-refractivity contribution >= 4 is 52.6 Å². The van der Waals surface area contributed by atoms with Crippen LogP contribution < -0.4 is 19.6 Å². The van der Waals surface area contributed by atoms with E-state index in [2.05, 4.69) is 4.99 Å². The van der Waals surface area contributed by atoms with E-state index in [1.54, 1.807) is 19.9 Å². The predicted molar refractivity (Wildman–Crippen MR) is 136 cm³/mol. The highest BCUT2D eigenvalue weighted by Gasteiger charge is 2.33. The molecule has 1 N–H and O–H groups in total. The first-order valence-corrected chi connectivity index (χ1v) is 12.4. The fourth-order valence-corrected chi connectivity index (χ4v) is 5.49. The number of rotatable bonds is 7. The van der Waals surface area contributed by atoms with Gasteiger partial charge < -0.3 is 14.6 Å². The first kappa shape index (κ1) is 25.7. The average molecular weight is 547 g/mol. The van der Waals surface area contributed by atoms with E-state index in [0.29, 0.717) is 26.2 Å². The van der Waals surface area contributed by atoms with Crippen molar-refractivity contribution in [3.8, 4) is 5.75 Å². The van der Waals surface area contributed by atoms with Crippen molar-refractivity contribution in [3.63, 3.8) is 0 Å². The van der Waals surface area contributed by atoms with E-state index in [-0.39, 0.29) is 28.0 Å². The van der Waals surface area contributed by atoms with Crippen LogP contribution in [-0.2, 0) is 14.3 Å². The number of fused-ring (bicyclic) bond motifs is 1. The number of aromatic nitrogens is 1. The maximum Gasteiger partial charge on any atom is 0.341 e. The zero-order chi connectivity index (χ0) is 26.0. The first-order chi connectivity index (χ1) is 17.2. The number of halogens is 2. The SMILES string of the molecule is CCOC(=O)C1=C(C)N=c2s/c(=C/c3cc(Cl)c(OCC(=O)O)c(Cl)c3)c(=O)n2[C@@H]1c1ccccc1. The Morgan fingerprint density at radius 2 is 1.86 bits per heavy atom. The number of benzene rings is 2. The third-order valence-corrected chi connectivity index (χ3v) is 6.84. The summed E-state index contributed by atoms with van der Waals surface area (Å²) in [5.41, 5.74) is 1.68. The fourth-order valence-electron chi connectivity index (χ4n) is 3.83. The molecule has 0 saturated carbocycles. The van der Waals surface area contributed by atoms with Gasteiger partial charge in [0.1, 0.15) is 0 Å². The molecule has 0 unspecified atom stereocenters. The molecule has 11 heteroatoms. The molecule has 0 amide bonds. The third-order valence-electron chi connectivity index (χ3n) is 5.29. The molecule has 8 nitrogen and oxygen atoms in total. The minimum atomic E-state index is -1.17. The van der Waals surface area contributed by atoms with Gasteiger partial charge in [0.2, 0.25) is 0 Å².